The number of anilines is 1. The van der Waals surface area contributed by atoms with Crippen molar-refractivity contribution in [3.8, 4) is 0 Å². The maximum Gasteiger partial charge on any atom is 0.261 e. The van der Waals surface area contributed by atoms with E-state index in [0.717, 1.165) is 5.56 Å². The van der Waals surface area contributed by atoms with Crippen molar-refractivity contribution in [2.24, 2.45) is 0 Å². The molecule has 0 saturated heterocycles. The molecule has 150 valence electrons. The number of nitrogens with one attached hydrogen (secondary N) is 1. The minimum Gasteiger partial charge on any atom is -0.287 e. The van der Waals surface area contributed by atoms with Crippen molar-refractivity contribution >= 4 is 33.1 Å². The highest BCUT2D eigenvalue weighted by molar-refractivity contribution is 7.92. The summed E-state index contributed by atoms with van der Waals surface area (Å²) in [4.78, 5) is 17.0. The van der Waals surface area contributed by atoms with Crippen molar-refractivity contribution < 1.29 is 13.2 Å². The summed E-state index contributed by atoms with van der Waals surface area (Å²) >= 11 is 6.00. The highest BCUT2D eigenvalue weighted by Crippen LogP contribution is 2.26. The number of hydrogen-bond acceptors (Lipinski definition) is 4. The van der Waals surface area contributed by atoms with Crippen molar-refractivity contribution in [3.05, 3.63) is 88.7 Å². The number of hydrogen-bond donors (Lipinski definition) is 1. The van der Waals surface area contributed by atoms with E-state index in [9.17, 15) is 13.2 Å². The van der Waals surface area contributed by atoms with E-state index in [-0.39, 0.29) is 26.7 Å². The van der Waals surface area contributed by atoms with Crippen molar-refractivity contribution in [3.63, 3.8) is 0 Å². The lowest BCUT2D eigenvalue weighted by Crippen LogP contribution is -2.17. The van der Waals surface area contributed by atoms with E-state index < -0.39 is 15.8 Å². The molecule has 0 fully saturated rings. The van der Waals surface area contributed by atoms with Gasteiger partial charge in [0.15, 0.2) is 0 Å². The summed E-state index contributed by atoms with van der Waals surface area (Å²) in [6.45, 7) is 6.15. The van der Waals surface area contributed by atoms with E-state index in [1.54, 1.807) is 54.6 Å². The van der Waals surface area contributed by atoms with Crippen LogP contribution in [0.4, 0.5) is 5.69 Å². The second-order valence-corrected chi connectivity index (χ2v) is 9.74. The molecule has 1 heterocycles. The van der Waals surface area contributed by atoms with E-state index in [4.69, 9.17) is 11.6 Å². The third kappa shape index (κ3) is 4.83. The molecule has 0 aliphatic carbocycles. The Bertz CT molecular complexity index is 1140. The van der Waals surface area contributed by atoms with Gasteiger partial charge in [0, 0.05) is 11.8 Å². The predicted molar refractivity (Wildman–Crippen MR) is 115 cm³/mol. The van der Waals surface area contributed by atoms with Gasteiger partial charge < -0.3 is 0 Å². The second kappa shape index (κ2) is 7.97. The van der Waals surface area contributed by atoms with Crippen LogP contribution in [0.1, 0.15) is 42.4 Å². The summed E-state index contributed by atoms with van der Waals surface area (Å²) in [5, 5.41) is 0.218. The molecule has 0 amide bonds. The van der Waals surface area contributed by atoms with E-state index in [2.05, 4.69) is 9.71 Å². The number of sulfonamides is 1. The summed E-state index contributed by atoms with van der Waals surface area (Å²) in [5.41, 5.74) is 1.34. The number of rotatable bonds is 5. The van der Waals surface area contributed by atoms with Crippen molar-refractivity contribution in [1.82, 2.24) is 4.98 Å². The number of nitrogens with zero attached hydrogens (tertiary/aromatic N) is 1. The van der Waals surface area contributed by atoms with Crippen LogP contribution in [0.3, 0.4) is 0 Å². The monoisotopic (exact) mass is 428 g/mol. The standard InChI is InChI=1S/C22H21ClN2O3S/c1-22(2,3)16-9-11-18(12-10-16)29(27,28)25-19-13-17(23)14-24-20(19)21(26)15-7-5-4-6-8-15/h4-14,25H,1-3H3. The van der Waals surface area contributed by atoms with Gasteiger partial charge in [0.2, 0.25) is 5.78 Å². The number of carbonyl (C=O) groups is 1. The zero-order valence-corrected chi connectivity index (χ0v) is 17.9. The highest BCUT2D eigenvalue weighted by Gasteiger charge is 2.22. The van der Waals surface area contributed by atoms with Gasteiger partial charge in [0.05, 0.1) is 15.6 Å². The van der Waals surface area contributed by atoms with Crippen LogP contribution in [0.2, 0.25) is 5.02 Å². The zero-order valence-electron chi connectivity index (χ0n) is 16.3. The van der Waals surface area contributed by atoms with E-state index in [1.165, 1.54) is 12.3 Å². The fourth-order valence-corrected chi connectivity index (χ4v) is 3.98. The van der Waals surface area contributed by atoms with Crippen LogP contribution in [0.25, 0.3) is 0 Å². The Hall–Kier alpha value is -2.70. The van der Waals surface area contributed by atoms with Gasteiger partial charge in [0.25, 0.3) is 10.0 Å². The van der Waals surface area contributed by atoms with Gasteiger partial charge in [-0.15, -0.1) is 0 Å². The summed E-state index contributed by atoms with van der Waals surface area (Å²) in [6, 6.07) is 16.5. The minimum atomic E-state index is -3.93. The first-order valence-electron chi connectivity index (χ1n) is 8.96. The van der Waals surface area contributed by atoms with Crippen LogP contribution in [0.5, 0.6) is 0 Å². The number of aromatic nitrogens is 1. The van der Waals surface area contributed by atoms with Gasteiger partial charge in [0.1, 0.15) is 5.69 Å². The van der Waals surface area contributed by atoms with Crippen LogP contribution in [-0.4, -0.2) is 19.2 Å². The number of benzene rings is 2. The van der Waals surface area contributed by atoms with Gasteiger partial charge in [-0.1, -0.05) is 74.8 Å². The average Bonchev–Trinajstić information content (AvgIpc) is 2.67. The Morgan fingerprint density at radius 3 is 2.21 bits per heavy atom. The first-order chi connectivity index (χ1) is 13.6. The fourth-order valence-electron chi connectivity index (χ4n) is 2.76. The Morgan fingerprint density at radius 2 is 1.62 bits per heavy atom. The molecule has 1 aromatic heterocycles. The van der Waals surface area contributed by atoms with Crippen LogP contribution in [0.15, 0.2) is 71.8 Å². The molecule has 0 spiro atoms. The molecule has 0 bridgehead atoms. The zero-order chi connectivity index (χ0) is 21.2. The summed E-state index contributed by atoms with van der Waals surface area (Å²) in [5.74, 6) is -0.400. The van der Waals surface area contributed by atoms with Crippen LogP contribution in [0, 0.1) is 0 Å². The number of carbonyl (C=O) groups excluding carboxylic acids is 1. The molecule has 7 heteroatoms. The number of halogens is 1. The summed E-state index contributed by atoms with van der Waals surface area (Å²) in [7, 11) is -3.93. The molecular formula is C22H21ClN2O3S. The first-order valence-corrected chi connectivity index (χ1v) is 10.8. The van der Waals surface area contributed by atoms with Crippen molar-refractivity contribution in [2.75, 3.05) is 4.72 Å². The summed E-state index contributed by atoms with van der Waals surface area (Å²) in [6.07, 6.45) is 1.31. The molecule has 0 atom stereocenters. The van der Waals surface area contributed by atoms with E-state index >= 15 is 0 Å². The molecule has 3 aromatic rings. The van der Waals surface area contributed by atoms with Gasteiger partial charge in [-0.05, 0) is 29.2 Å². The summed E-state index contributed by atoms with van der Waals surface area (Å²) < 4.78 is 28.2. The lowest BCUT2D eigenvalue weighted by atomic mass is 9.87. The van der Waals surface area contributed by atoms with Gasteiger partial charge in [-0.2, -0.15) is 0 Å². The normalized spacial score (nSPS) is 11.9. The lowest BCUT2D eigenvalue weighted by molar-refractivity contribution is 0.103. The van der Waals surface area contributed by atoms with Crippen molar-refractivity contribution in [2.45, 2.75) is 31.1 Å². The van der Waals surface area contributed by atoms with Gasteiger partial charge in [-0.25, -0.2) is 13.4 Å². The van der Waals surface area contributed by atoms with Crippen molar-refractivity contribution in [1.29, 1.82) is 0 Å². The maximum absolute atomic E-state index is 12.9. The smallest absolute Gasteiger partial charge is 0.261 e. The molecule has 3 rings (SSSR count). The SMILES string of the molecule is CC(C)(C)c1ccc(S(=O)(=O)Nc2cc(Cl)cnc2C(=O)c2ccccc2)cc1. The molecule has 1 N–H and O–H groups in total. The molecule has 0 radical (unpaired) electrons. The average molecular weight is 429 g/mol. The highest BCUT2D eigenvalue weighted by atomic mass is 35.5. The molecule has 29 heavy (non-hydrogen) atoms. The minimum absolute atomic E-state index is 0.0181. The number of pyridine rings is 1. The van der Waals surface area contributed by atoms with Crippen LogP contribution in [-0.2, 0) is 15.4 Å². The quantitative estimate of drug-likeness (QED) is 0.576. The van der Waals surface area contributed by atoms with Crippen LogP contribution >= 0.6 is 11.6 Å². The van der Waals surface area contributed by atoms with Gasteiger partial charge in [-0.3, -0.25) is 9.52 Å². The van der Waals surface area contributed by atoms with E-state index in [0.29, 0.717) is 5.56 Å². The lowest BCUT2D eigenvalue weighted by Gasteiger charge is -2.19. The third-order valence-corrected chi connectivity index (χ3v) is 5.97. The number of ketones is 1. The molecular weight excluding hydrogens is 408 g/mol. The second-order valence-electron chi connectivity index (χ2n) is 7.62. The molecule has 0 saturated carbocycles. The Morgan fingerprint density at radius 1 is 1.00 bits per heavy atom. The largest absolute Gasteiger partial charge is 0.287 e. The third-order valence-electron chi connectivity index (χ3n) is 4.38. The fraction of sp³-hybridized carbons (Fsp3) is 0.182. The molecule has 5 nitrogen and oxygen atoms in total. The molecule has 0 unspecified atom stereocenters. The van der Waals surface area contributed by atoms with Gasteiger partial charge >= 0.3 is 0 Å². The first kappa shape index (κ1) is 21.0. The molecule has 2 aromatic carbocycles. The Balaban J connectivity index is 1.97. The van der Waals surface area contributed by atoms with Crippen LogP contribution < -0.4 is 4.72 Å². The van der Waals surface area contributed by atoms with E-state index in [1.807, 2.05) is 20.8 Å². The molecule has 0 aliphatic heterocycles. The molecule has 0 aliphatic rings. The maximum atomic E-state index is 12.9. The predicted octanol–water partition coefficient (Wildman–Crippen LogP) is 5.06. The topological polar surface area (TPSA) is 76.1 Å². The Kier molecular flexibility index (Phi) is 5.78. The Labute approximate surface area is 175 Å².